The molecule has 0 saturated heterocycles. The Morgan fingerprint density at radius 3 is 2.21 bits per heavy atom. The minimum atomic E-state index is 0.224. The van der Waals surface area contributed by atoms with Crippen LogP contribution in [-0.2, 0) is 11.8 Å². The van der Waals surface area contributed by atoms with Crippen molar-refractivity contribution in [2.75, 3.05) is 0 Å². The van der Waals surface area contributed by atoms with Crippen molar-refractivity contribution in [2.24, 2.45) is 5.73 Å². The van der Waals surface area contributed by atoms with Crippen LogP contribution >= 0.6 is 0 Å². The molecule has 0 amide bonds. The van der Waals surface area contributed by atoms with Gasteiger partial charge in [0.15, 0.2) is 0 Å². The van der Waals surface area contributed by atoms with Gasteiger partial charge in [-0.15, -0.1) is 0 Å². The third-order valence-electron chi connectivity index (χ3n) is 3.98. The van der Waals surface area contributed by atoms with E-state index in [9.17, 15) is 0 Å². The summed E-state index contributed by atoms with van der Waals surface area (Å²) in [7, 11) is 0. The Balaban J connectivity index is 3.02. The van der Waals surface area contributed by atoms with Crippen molar-refractivity contribution < 1.29 is 0 Å². The highest BCUT2D eigenvalue weighted by Gasteiger charge is 2.17. The van der Waals surface area contributed by atoms with Crippen LogP contribution in [0.3, 0.4) is 0 Å². The van der Waals surface area contributed by atoms with E-state index < -0.39 is 0 Å². The van der Waals surface area contributed by atoms with Crippen LogP contribution in [0.1, 0.15) is 77.0 Å². The number of hydrogen-bond acceptors (Lipinski definition) is 1. The number of benzene rings is 1. The molecule has 0 aliphatic heterocycles. The van der Waals surface area contributed by atoms with Gasteiger partial charge in [-0.05, 0) is 54.2 Å². The van der Waals surface area contributed by atoms with Gasteiger partial charge in [0.2, 0.25) is 0 Å². The molecule has 0 fully saturated rings. The van der Waals surface area contributed by atoms with E-state index in [0.717, 1.165) is 12.8 Å². The number of rotatable bonds is 5. The predicted octanol–water partition coefficient (Wildman–Crippen LogP) is 4.78. The minimum absolute atomic E-state index is 0.224. The molecule has 1 aromatic carbocycles. The van der Waals surface area contributed by atoms with Gasteiger partial charge in [0.05, 0.1) is 0 Å². The largest absolute Gasteiger partial charge is 0.328 e. The zero-order valence-corrected chi connectivity index (χ0v) is 13.6. The summed E-state index contributed by atoms with van der Waals surface area (Å²) in [4.78, 5) is 0. The van der Waals surface area contributed by atoms with Crippen molar-refractivity contribution in [1.82, 2.24) is 0 Å². The topological polar surface area (TPSA) is 26.0 Å². The van der Waals surface area contributed by atoms with E-state index in [1.165, 1.54) is 23.1 Å². The first-order valence-electron chi connectivity index (χ1n) is 7.64. The second-order valence-electron chi connectivity index (χ2n) is 6.97. The van der Waals surface area contributed by atoms with Crippen LogP contribution < -0.4 is 5.73 Å². The fourth-order valence-corrected chi connectivity index (χ4v) is 2.51. The van der Waals surface area contributed by atoms with Gasteiger partial charge in [0, 0.05) is 6.04 Å². The Morgan fingerprint density at radius 2 is 1.74 bits per heavy atom. The summed E-state index contributed by atoms with van der Waals surface area (Å²) in [6.45, 7) is 13.5. The molecule has 0 saturated carbocycles. The van der Waals surface area contributed by atoms with Crippen molar-refractivity contribution in [3.63, 3.8) is 0 Å². The van der Waals surface area contributed by atoms with Gasteiger partial charge in [0.25, 0.3) is 0 Å². The molecule has 2 unspecified atom stereocenters. The Kier molecular flexibility index (Phi) is 5.61. The molecule has 0 radical (unpaired) electrons. The van der Waals surface area contributed by atoms with Crippen molar-refractivity contribution in [3.8, 4) is 0 Å². The van der Waals surface area contributed by atoms with Gasteiger partial charge in [-0.2, -0.15) is 0 Å². The molecule has 0 aliphatic rings. The summed E-state index contributed by atoms with van der Waals surface area (Å²) in [6.07, 6.45) is 3.39. The average molecular weight is 261 g/mol. The van der Waals surface area contributed by atoms with Crippen LogP contribution in [0.15, 0.2) is 18.2 Å². The highest BCUT2D eigenvalue weighted by molar-refractivity contribution is 5.37. The zero-order valence-electron chi connectivity index (χ0n) is 13.6. The summed E-state index contributed by atoms with van der Waals surface area (Å²) in [5.74, 6) is 0.600. The van der Waals surface area contributed by atoms with E-state index in [1.54, 1.807) is 0 Å². The maximum atomic E-state index is 5.89. The molecular weight excluding hydrogens is 230 g/mol. The molecule has 1 nitrogen and oxygen atoms in total. The second-order valence-corrected chi connectivity index (χ2v) is 6.97. The first-order chi connectivity index (χ1) is 8.75. The lowest BCUT2D eigenvalue weighted by atomic mass is 9.81. The first-order valence-corrected chi connectivity index (χ1v) is 7.64. The Morgan fingerprint density at radius 1 is 1.11 bits per heavy atom. The predicted molar refractivity (Wildman–Crippen MR) is 85.8 cm³/mol. The zero-order chi connectivity index (χ0) is 14.6. The molecule has 0 heterocycles. The van der Waals surface area contributed by atoms with E-state index in [1.807, 2.05) is 0 Å². The minimum Gasteiger partial charge on any atom is -0.328 e. The number of aryl methyl sites for hydroxylation is 1. The van der Waals surface area contributed by atoms with Crippen molar-refractivity contribution in [3.05, 3.63) is 34.9 Å². The monoisotopic (exact) mass is 261 g/mol. The molecule has 0 bridgehead atoms. The molecular formula is C18H31N. The van der Waals surface area contributed by atoms with Gasteiger partial charge in [-0.1, -0.05) is 52.8 Å². The maximum absolute atomic E-state index is 5.89. The maximum Gasteiger partial charge on any atom is 0.00106 e. The van der Waals surface area contributed by atoms with Crippen LogP contribution in [0.5, 0.6) is 0 Å². The molecule has 2 N–H and O–H groups in total. The average Bonchev–Trinajstić information content (AvgIpc) is 2.33. The van der Waals surface area contributed by atoms with Crippen LogP contribution in [0.4, 0.5) is 0 Å². The molecule has 0 spiro atoms. The fraction of sp³-hybridized carbons (Fsp3) is 0.667. The smallest absolute Gasteiger partial charge is 0.00106 e. The second kappa shape index (κ2) is 6.56. The van der Waals surface area contributed by atoms with Gasteiger partial charge in [-0.25, -0.2) is 0 Å². The van der Waals surface area contributed by atoms with Crippen LogP contribution in [0.2, 0.25) is 0 Å². The van der Waals surface area contributed by atoms with Crippen LogP contribution in [0, 0.1) is 0 Å². The quantitative estimate of drug-likeness (QED) is 0.811. The highest BCUT2D eigenvalue weighted by atomic mass is 14.6. The SMILES string of the molecule is CCc1ccc(C(C)(C)C)cc1C(C)CCC(C)N. The summed E-state index contributed by atoms with van der Waals surface area (Å²) >= 11 is 0. The molecule has 0 aliphatic carbocycles. The summed E-state index contributed by atoms with van der Waals surface area (Å²) in [5.41, 5.74) is 10.6. The molecule has 1 heteroatoms. The molecule has 0 aromatic heterocycles. The van der Waals surface area contributed by atoms with E-state index in [0.29, 0.717) is 12.0 Å². The van der Waals surface area contributed by atoms with E-state index in [-0.39, 0.29) is 5.41 Å². The Hall–Kier alpha value is -0.820. The van der Waals surface area contributed by atoms with Crippen molar-refractivity contribution in [2.45, 2.75) is 78.2 Å². The van der Waals surface area contributed by atoms with Crippen molar-refractivity contribution in [1.29, 1.82) is 0 Å². The van der Waals surface area contributed by atoms with Gasteiger partial charge >= 0.3 is 0 Å². The lowest BCUT2D eigenvalue weighted by Gasteiger charge is -2.24. The molecule has 19 heavy (non-hydrogen) atoms. The van der Waals surface area contributed by atoms with E-state index in [4.69, 9.17) is 5.73 Å². The van der Waals surface area contributed by atoms with Gasteiger partial charge in [0.1, 0.15) is 0 Å². The lowest BCUT2D eigenvalue weighted by Crippen LogP contribution is -2.16. The molecule has 1 aromatic rings. The third kappa shape index (κ3) is 4.65. The fourth-order valence-electron chi connectivity index (χ4n) is 2.51. The lowest BCUT2D eigenvalue weighted by molar-refractivity contribution is 0.560. The molecule has 2 atom stereocenters. The molecule has 1 rings (SSSR count). The van der Waals surface area contributed by atoms with Gasteiger partial charge in [-0.3, -0.25) is 0 Å². The van der Waals surface area contributed by atoms with Crippen LogP contribution in [-0.4, -0.2) is 6.04 Å². The third-order valence-corrected chi connectivity index (χ3v) is 3.98. The van der Waals surface area contributed by atoms with E-state index >= 15 is 0 Å². The normalized spacial score (nSPS) is 15.3. The Bertz CT molecular complexity index is 399. The Labute approximate surface area is 119 Å². The summed E-state index contributed by atoms with van der Waals surface area (Å²) in [6, 6.07) is 7.34. The number of hydrogen-bond donors (Lipinski definition) is 1. The van der Waals surface area contributed by atoms with E-state index in [2.05, 4.69) is 59.7 Å². The highest BCUT2D eigenvalue weighted by Crippen LogP contribution is 2.30. The number of nitrogens with two attached hydrogens (primary N) is 1. The van der Waals surface area contributed by atoms with Crippen molar-refractivity contribution >= 4 is 0 Å². The molecule has 108 valence electrons. The first kappa shape index (κ1) is 16.2. The summed E-state index contributed by atoms with van der Waals surface area (Å²) in [5, 5.41) is 0. The van der Waals surface area contributed by atoms with Crippen LogP contribution in [0.25, 0.3) is 0 Å². The summed E-state index contributed by atoms with van der Waals surface area (Å²) < 4.78 is 0. The standard InChI is InChI=1S/C18H31N/c1-7-15-10-11-16(18(4,5)6)12-17(15)13(2)8-9-14(3)19/h10-14H,7-9,19H2,1-6H3. The van der Waals surface area contributed by atoms with Gasteiger partial charge < -0.3 is 5.73 Å².